The van der Waals surface area contributed by atoms with E-state index in [-0.39, 0.29) is 31.1 Å². The van der Waals surface area contributed by atoms with Crippen molar-refractivity contribution in [1.82, 2.24) is 0 Å². The lowest BCUT2D eigenvalue weighted by Crippen LogP contribution is -2.30. The highest BCUT2D eigenvalue weighted by Gasteiger charge is 2.19. The molecule has 0 aromatic carbocycles. The summed E-state index contributed by atoms with van der Waals surface area (Å²) in [6, 6.07) is 0. The Hall–Kier alpha value is -1.59. The Labute approximate surface area is 412 Å². The van der Waals surface area contributed by atoms with Gasteiger partial charge in [-0.25, -0.2) is 0 Å². The lowest BCUT2D eigenvalue weighted by Gasteiger charge is -2.18. The summed E-state index contributed by atoms with van der Waals surface area (Å²) >= 11 is 0. The zero-order chi connectivity index (χ0) is 47.9. The van der Waals surface area contributed by atoms with Gasteiger partial charge in [0, 0.05) is 19.3 Å². The van der Waals surface area contributed by atoms with Gasteiger partial charge in [0.15, 0.2) is 6.10 Å². The molecule has 0 spiro atoms. The van der Waals surface area contributed by atoms with E-state index >= 15 is 0 Å². The van der Waals surface area contributed by atoms with Gasteiger partial charge in [0.25, 0.3) is 0 Å². The zero-order valence-electron chi connectivity index (χ0n) is 45.0. The van der Waals surface area contributed by atoms with Gasteiger partial charge in [0.05, 0.1) is 0 Å². The molecule has 0 aliphatic carbocycles. The molecular formula is C60H116O6. The molecule has 0 radical (unpaired) electrons. The molecule has 66 heavy (non-hydrogen) atoms. The van der Waals surface area contributed by atoms with Crippen molar-refractivity contribution in [1.29, 1.82) is 0 Å². The predicted molar refractivity (Wildman–Crippen MR) is 284 cm³/mol. The molecule has 0 rings (SSSR count). The summed E-state index contributed by atoms with van der Waals surface area (Å²) < 4.78 is 16.7. The second-order valence-electron chi connectivity index (χ2n) is 20.6. The third-order valence-electron chi connectivity index (χ3n) is 13.9. The first-order valence-electron chi connectivity index (χ1n) is 30.0. The summed E-state index contributed by atoms with van der Waals surface area (Å²) in [5.74, 6) is -0.859. The third-order valence-corrected chi connectivity index (χ3v) is 13.9. The van der Waals surface area contributed by atoms with E-state index in [0.717, 1.165) is 57.8 Å². The Morgan fingerprint density at radius 1 is 0.242 bits per heavy atom. The molecule has 1 unspecified atom stereocenters. The minimum atomic E-state index is -0.757. The van der Waals surface area contributed by atoms with E-state index < -0.39 is 6.10 Å². The van der Waals surface area contributed by atoms with E-state index in [1.165, 1.54) is 250 Å². The quantitative estimate of drug-likeness (QED) is 0.0343. The summed E-state index contributed by atoms with van der Waals surface area (Å²) in [6.07, 6.45) is 63.3. The first kappa shape index (κ1) is 64.4. The Kier molecular flexibility index (Phi) is 54.7. The SMILES string of the molecule is CCCCCCCCCCCCCCCCCCCCCCCCCCCCCCCCCCCCC(=O)OCC(COC(=O)CCCCCCCCC)OC(=O)CCCCCCCCC. The molecule has 0 N–H and O–H groups in total. The smallest absolute Gasteiger partial charge is 0.306 e. The largest absolute Gasteiger partial charge is 0.462 e. The number of carbonyl (C=O) groups excluding carboxylic acids is 3. The number of ether oxygens (including phenoxy) is 3. The van der Waals surface area contributed by atoms with Crippen molar-refractivity contribution >= 4 is 17.9 Å². The van der Waals surface area contributed by atoms with E-state index in [9.17, 15) is 14.4 Å². The summed E-state index contributed by atoms with van der Waals surface area (Å²) in [4.78, 5) is 37.6. The van der Waals surface area contributed by atoms with Crippen LogP contribution < -0.4 is 0 Å². The molecule has 1 atom stereocenters. The van der Waals surface area contributed by atoms with E-state index in [0.29, 0.717) is 19.3 Å². The number of hydrogen-bond donors (Lipinski definition) is 0. The zero-order valence-corrected chi connectivity index (χ0v) is 45.0. The molecule has 0 heterocycles. The van der Waals surface area contributed by atoms with Crippen LogP contribution in [0.15, 0.2) is 0 Å². The minimum Gasteiger partial charge on any atom is -0.462 e. The van der Waals surface area contributed by atoms with Gasteiger partial charge in [-0.05, 0) is 19.3 Å². The van der Waals surface area contributed by atoms with Crippen LogP contribution in [-0.2, 0) is 28.6 Å². The standard InChI is InChI=1S/C60H116O6/c1-4-7-10-13-16-17-18-19-20-21-22-23-24-25-26-27-28-29-30-31-32-33-34-35-36-37-38-39-40-41-42-45-47-50-53-59(62)65-56-57(66-60(63)54-51-48-44-15-12-9-6-3)55-64-58(61)52-49-46-43-14-11-8-5-2/h57H,4-56H2,1-3H3. The highest BCUT2D eigenvalue weighted by Crippen LogP contribution is 2.18. The van der Waals surface area contributed by atoms with Crippen LogP contribution in [0.1, 0.15) is 348 Å². The van der Waals surface area contributed by atoms with Gasteiger partial charge in [-0.3, -0.25) is 14.4 Å². The molecule has 392 valence electrons. The highest BCUT2D eigenvalue weighted by molar-refractivity contribution is 5.71. The Balaban J connectivity index is 3.73. The normalized spacial score (nSPS) is 11.9. The Morgan fingerprint density at radius 2 is 0.409 bits per heavy atom. The number of esters is 3. The molecule has 6 heteroatoms. The van der Waals surface area contributed by atoms with Crippen LogP contribution in [0.2, 0.25) is 0 Å². The predicted octanol–water partition coefficient (Wildman–Crippen LogP) is 19.9. The average molecular weight is 934 g/mol. The van der Waals surface area contributed by atoms with Gasteiger partial charge in [0.2, 0.25) is 0 Å². The number of rotatable bonds is 56. The van der Waals surface area contributed by atoms with Crippen LogP contribution in [0, 0.1) is 0 Å². The molecule has 0 aliphatic rings. The summed E-state index contributed by atoms with van der Waals surface area (Å²) in [5, 5.41) is 0. The lowest BCUT2D eigenvalue weighted by molar-refractivity contribution is -0.167. The van der Waals surface area contributed by atoms with Gasteiger partial charge in [-0.2, -0.15) is 0 Å². The maximum atomic E-state index is 12.6. The van der Waals surface area contributed by atoms with Crippen molar-refractivity contribution in [3.63, 3.8) is 0 Å². The van der Waals surface area contributed by atoms with Gasteiger partial charge in [0.1, 0.15) is 13.2 Å². The fraction of sp³-hybridized carbons (Fsp3) is 0.950. The second kappa shape index (κ2) is 56.0. The molecule has 0 saturated heterocycles. The van der Waals surface area contributed by atoms with E-state index in [1.807, 2.05) is 0 Å². The van der Waals surface area contributed by atoms with Crippen molar-refractivity contribution in [3.05, 3.63) is 0 Å². The van der Waals surface area contributed by atoms with Crippen molar-refractivity contribution in [2.75, 3.05) is 13.2 Å². The van der Waals surface area contributed by atoms with Crippen molar-refractivity contribution in [2.45, 2.75) is 354 Å². The fourth-order valence-electron chi connectivity index (χ4n) is 9.33. The lowest BCUT2D eigenvalue weighted by atomic mass is 10.0. The van der Waals surface area contributed by atoms with Crippen LogP contribution in [0.3, 0.4) is 0 Å². The van der Waals surface area contributed by atoms with Gasteiger partial charge in [-0.1, -0.05) is 310 Å². The van der Waals surface area contributed by atoms with Crippen LogP contribution in [0.5, 0.6) is 0 Å². The first-order chi connectivity index (χ1) is 32.5. The topological polar surface area (TPSA) is 78.9 Å². The molecule has 0 fully saturated rings. The molecular weight excluding hydrogens is 817 g/mol. The third kappa shape index (κ3) is 53.4. The minimum absolute atomic E-state index is 0.0635. The summed E-state index contributed by atoms with van der Waals surface area (Å²) in [5.41, 5.74) is 0. The maximum Gasteiger partial charge on any atom is 0.306 e. The molecule has 0 aromatic rings. The monoisotopic (exact) mass is 933 g/mol. The van der Waals surface area contributed by atoms with E-state index in [1.54, 1.807) is 0 Å². The van der Waals surface area contributed by atoms with Gasteiger partial charge in [-0.15, -0.1) is 0 Å². The number of carbonyl (C=O) groups is 3. The van der Waals surface area contributed by atoms with Crippen molar-refractivity contribution < 1.29 is 28.6 Å². The summed E-state index contributed by atoms with van der Waals surface area (Å²) in [6.45, 7) is 6.60. The fourth-order valence-corrected chi connectivity index (χ4v) is 9.33. The highest BCUT2D eigenvalue weighted by atomic mass is 16.6. The molecule has 6 nitrogen and oxygen atoms in total. The van der Waals surface area contributed by atoms with Crippen LogP contribution in [0.4, 0.5) is 0 Å². The number of hydrogen-bond acceptors (Lipinski definition) is 6. The Bertz CT molecular complexity index is 982. The molecule has 0 aliphatic heterocycles. The first-order valence-corrected chi connectivity index (χ1v) is 30.0. The average Bonchev–Trinajstić information content (AvgIpc) is 3.31. The number of unbranched alkanes of at least 4 members (excludes halogenated alkanes) is 45. The maximum absolute atomic E-state index is 12.6. The van der Waals surface area contributed by atoms with Crippen LogP contribution in [-0.4, -0.2) is 37.2 Å². The van der Waals surface area contributed by atoms with Crippen LogP contribution in [0.25, 0.3) is 0 Å². The van der Waals surface area contributed by atoms with Crippen LogP contribution >= 0.6 is 0 Å². The second-order valence-corrected chi connectivity index (χ2v) is 20.6. The van der Waals surface area contributed by atoms with Gasteiger partial charge >= 0.3 is 17.9 Å². The molecule has 0 amide bonds. The van der Waals surface area contributed by atoms with Crippen molar-refractivity contribution in [2.24, 2.45) is 0 Å². The molecule has 0 bridgehead atoms. The molecule has 0 aromatic heterocycles. The van der Waals surface area contributed by atoms with E-state index in [4.69, 9.17) is 14.2 Å². The van der Waals surface area contributed by atoms with Gasteiger partial charge < -0.3 is 14.2 Å². The Morgan fingerprint density at radius 3 is 0.606 bits per heavy atom. The summed E-state index contributed by atoms with van der Waals surface area (Å²) in [7, 11) is 0. The molecule has 0 saturated carbocycles. The van der Waals surface area contributed by atoms with E-state index in [2.05, 4.69) is 20.8 Å². The van der Waals surface area contributed by atoms with Crippen molar-refractivity contribution in [3.8, 4) is 0 Å².